The van der Waals surface area contributed by atoms with Crippen LogP contribution in [0.1, 0.15) is 30.6 Å². The molecule has 0 spiro atoms. The van der Waals surface area contributed by atoms with Gasteiger partial charge < -0.3 is 5.11 Å². The van der Waals surface area contributed by atoms with Crippen LogP contribution < -0.4 is 0 Å². The number of thiocarbonyl (C=S) groups is 1. The van der Waals surface area contributed by atoms with Crippen molar-refractivity contribution in [3.05, 3.63) is 27.3 Å². The third kappa shape index (κ3) is 4.66. The van der Waals surface area contributed by atoms with Crippen LogP contribution >= 0.6 is 35.3 Å². The molecule has 1 aromatic heterocycles. The zero-order valence-electron chi connectivity index (χ0n) is 11.3. The van der Waals surface area contributed by atoms with Gasteiger partial charge in [0.05, 0.1) is 4.91 Å². The van der Waals surface area contributed by atoms with Crippen molar-refractivity contribution in [1.29, 1.82) is 0 Å². The molecule has 0 aromatic carbocycles. The standard InChI is InChI=1S/C14H15NO3S3/c16-12(17)6-2-1-3-7-15-13(18)11(21-14(15)19)9-10-5-4-8-20-10/h4-5,8-9H,1-3,6-7H2,(H,16,17)/b11-9+. The summed E-state index contributed by atoms with van der Waals surface area (Å²) in [4.78, 5) is 26.0. The maximum atomic E-state index is 12.3. The number of rotatable bonds is 7. The summed E-state index contributed by atoms with van der Waals surface area (Å²) in [7, 11) is 0. The fourth-order valence-electron chi connectivity index (χ4n) is 1.92. The number of amides is 1. The van der Waals surface area contributed by atoms with Crippen molar-refractivity contribution in [3.63, 3.8) is 0 Å². The van der Waals surface area contributed by atoms with Crippen LogP contribution in [-0.4, -0.2) is 32.7 Å². The second-order valence-electron chi connectivity index (χ2n) is 4.55. The number of carboxylic acid groups (broad SMARTS) is 1. The molecule has 1 aromatic rings. The van der Waals surface area contributed by atoms with Crippen LogP contribution in [0.4, 0.5) is 0 Å². The molecule has 0 saturated carbocycles. The zero-order chi connectivity index (χ0) is 15.2. The van der Waals surface area contributed by atoms with Gasteiger partial charge in [0, 0.05) is 17.8 Å². The van der Waals surface area contributed by atoms with Gasteiger partial charge in [-0.15, -0.1) is 11.3 Å². The van der Waals surface area contributed by atoms with Crippen molar-refractivity contribution in [3.8, 4) is 0 Å². The minimum absolute atomic E-state index is 0.0448. The van der Waals surface area contributed by atoms with E-state index in [4.69, 9.17) is 17.3 Å². The highest BCUT2D eigenvalue weighted by molar-refractivity contribution is 8.26. The van der Waals surface area contributed by atoms with Crippen LogP contribution in [0, 0.1) is 0 Å². The quantitative estimate of drug-likeness (QED) is 0.466. The maximum absolute atomic E-state index is 12.3. The van der Waals surface area contributed by atoms with E-state index in [9.17, 15) is 9.59 Å². The average molecular weight is 341 g/mol. The molecule has 4 nitrogen and oxygen atoms in total. The summed E-state index contributed by atoms with van der Waals surface area (Å²) in [6.45, 7) is 0.562. The maximum Gasteiger partial charge on any atom is 0.303 e. The lowest BCUT2D eigenvalue weighted by molar-refractivity contribution is -0.137. The number of thioether (sulfide) groups is 1. The number of carbonyl (C=O) groups excluding carboxylic acids is 1. The molecule has 2 heterocycles. The lowest BCUT2D eigenvalue weighted by atomic mass is 10.2. The minimum atomic E-state index is -0.778. The van der Waals surface area contributed by atoms with Crippen molar-refractivity contribution in [2.24, 2.45) is 0 Å². The second-order valence-corrected chi connectivity index (χ2v) is 7.21. The topological polar surface area (TPSA) is 57.6 Å². The zero-order valence-corrected chi connectivity index (χ0v) is 13.7. The molecular formula is C14H15NO3S3. The number of carboxylic acids is 1. The molecule has 1 aliphatic heterocycles. The van der Waals surface area contributed by atoms with Gasteiger partial charge in [-0.3, -0.25) is 14.5 Å². The Labute approximate surface area is 136 Å². The van der Waals surface area contributed by atoms with Gasteiger partial charge in [0.25, 0.3) is 5.91 Å². The molecule has 0 bridgehead atoms. The van der Waals surface area contributed by atoms with Gasteiger partial charge in [-0.05, 0) is 30.4 Å². The molecule has 7 heteroatoms. The number of thiophene rings is 1. The molecular weight excluding hydrogens is 326 g/mol. The Bertz CT molecular complexity index is 566. The van der Waals surface area contributed by atoms with E-state index in [0.29, 0.717) is 22.2 Å². The number of carbonyl (C=O) groups is 2. The van der Waals surface area contributed by atoms with Gasteiger partial charge in [0.2, 0.25) is 0 Å². The summed E-state index contributed by atoms with van der Waals surface area (Å²) >= 11 is 8.16. The van der Waals surface area contributed by atoms with E-state index in [1.54, 1.807) is 16.2 Å². The van der Waals surface area contributed by atoms with Gasteiger partial charge >= 0.3 is 5.97 Å². The Kier molecular flexibility index (Phi) is 5.96. The van der Waals surface area contributed by atoms with Gasteiger partial charge in [0.1, 0.15) is 4.32 Å². The van der Waals surface area contributed by atoms with E-state index in [2.05, 4.69) is 0 Å². The van der Waals surface area contributed by atoms with Crippen molar-refractivity contribution in [2.45, 2.75) is 25.7 Å². The normalized spacial score (nSPS) is 17.0. The van der Waals surface area contributed by atoms with Crippen LogP contribution in [0.5, 0.6) is 0 Å². The average Bonchev–Trinajstić information content (AvgIpc) is 3.01. The fraction of sp³-hybridized carbons (Fsp3) is 0.357. The number of aliphatic carboxylic acids is 1. The van der Waals surface area contributed by atoms with Crippen molar-refractivity contribution < 1.29 is 14.7 Å². The van der Waals surface area contributed by atoms with E-state index in [0.717, 1.165) is 17.7 Å². The van der Waals surface area contributed by atoms with Crippen molar-refractivity contribution in [2.75, 3.05) is 6.54 Å². The highest BCUT2D eigenvalue weighted by Crippen LogP contribution is 2.33. The first-order valence-corrected chi connectivity index (χ1v) is 8.69. The molecule has 112 valence electrons. The highest BCUT2D eigenvalue weighted by atomic mass is 32.2. The summed E-state index contributed by atoms with van der Waals surface area (Å²) in [6.07, 6.45) is 4.24. The number of hydrogen-bond donors (Lipinski definition) is 1. The first-order valence-electron chi connectivity index (χ1n) is 6.58. The van der Waals surface area contributed by atoms with Gasteiger partial charge in [-0.1, -0.05) is 36.5 Å². The van der Waals surface area contributed by atoms with Crippen molar-refractivity contribution in [1.82, 2.24) is 4.90 Å². The molecule has 0 unspecified atom stereocenters. The Hall–Kier alpha value is -1.18. The predicted molar refractivity (Wildman–Crippen MR) is 90.3 cm³/mol. The lowest BCUT2D eigenvalue weighted by Crippen LogP contribution is -2.29. The second kappa shape index (κ2) is 7.72. The van der Waals surface area contributed by atoms with Crippen LogP contribution in [0.2, 0.25) is 0 Å². The molecule has 1 aliphatic rings. The Morgan fingerprint density at radius 1 is 1.38 bits per heavy atom. The summed E-state index contributed by atoms with van der Waals surface area (Å²) in [5, 5.41) is 10.5. The largest absolute Gasteiger partial charge is 0.481 e. The number of hydrogen-bond acceptors (Lipinski definition) is 5. The Morgan fingerprint density at radius 3 is 2.86 bits per heavy atom. The summed E-state index contributed by atoms with van der Waals surface area (Å²) in [5.74, 6) is -0.823. The third-order valence-corrected chi connectivity index (χ3v) is 5.16. The van der Waals surface area contributed by atoms with Crippen LogP contribution in [0.25, 0.3) is 6.08 Å². The Balaban J connectivity index is 1.86. The third-order valence-electron chi connectivity index (χ3n) is 2.96. The summed E-state index contributed by atoms with van der Waals surface area (Å²) in [5.41, 5.74) is 0. The molecule has 0 atom stereocenters. The minimum Gasteiger partial charge on any atom is -0.481 e. The van der Waals surface area contributed by atoms with Gasteiger partial charge in [0.15, 0.2) is 0 Å². The fourth-order valence-corrected chi connectivity index (χ4v) is 3.95. The first kappa shape index (κ1) is 16.2. The smallest absolute Gasteiger partial charge is 0.303 e. The predicted octanol–water partition coefficient (Wildman–Crippen LogP) is 3.59. The van der Waals surface area contributed by atoms with Crippen LogP contribution in [0.15, 0.2) is 22.4 Å². The summed E-state index contributed by atoms with van der Waals surface area (Å²) in [6, 6.07) is 3.91. The van der Waals surface area contributed by atoms with E-state index in [1.807, 2.05) is 23.6 Å². The molecule has 1 amide bonds. The van der Waals surface area contributed by atoms with E-state index in [1.165, 1.54) is 11.8 Å². The highest BCUT2D eigenvalue weighted by Gasteiger charge is 2.31. The Morgan fingerprint density at radius 2 is 2.19 bits per heavy atom. The van der Waals surface area contributed by atoms with E-state index in [-0.39, 0.29) is 12.3 Å². The molecule has 1 saturated heterocycles. The molecule has 0 radical (unpaired) electrons. The van der Waals surface area contributed by atoms with E-state index >= 15 is 0 Å². The summed E-state index contributed by atoms with van der Waals surface area (Å²) < 4.78 is 0.584. The molecule has 1 fully saturated rings. The molecule has 0 aliphatic carbocycles. The van der Waals surface area contributed by atoms with Gasteiger partial charge in [-0.2, -0.15) is 0 Å². The molecule has 1 N–H and O–H groups in total. The first-order chi connectivity index (χ1) is 10.1. The molecule has 2 rings (SSSR count). The van der Waals surface area contributed by atoms with Crippen LogP contribution in [-0.2, 0) is 9.59 Å². The number of unbranched alkanes of at least 4 members (excludes halogenated alkanes) is 2. The van der Waals surface area contributed by atoms with E-state index < -0.39 is 5.97 Å². The molecule has 21 heavy (non-hydrogen) atoms. The van der Waals surface area contributed by atoms with Gasteiger partial charge in [-0.25, -0.2) is 0 Å². The monoisotopic (exact) mass is 341 g/mol. The van der Waals surface area contributed by atoms with Crippen molar-refractivity contribution >= 4 is 57.6 Å². The van der Waals surface area contributed by atoms with Crippen LogP contribution in [0.3, 0.4) is 0 Å². The SMILES string of the molecule is O=C(O)CCCCCN1C(=O)/C(=C\c2cccs2)SC1=S. The lowest BCUT2D eigenvalue weighted by Gasteiger charge is -2.13. The number of nitrogens with zero attached hydrogens (tertiary/aromatic N) is 1.